The highest BCUT2D eigenvalue weighted by atomic mass is 32.2. The summed E-state index contributed by atoms with van der Waals surface area (Å²) in [5.74, 6) is -0.478. The zero-order chi connectivity index (χ0) is 19.7. The molecule has 0 unspecified atom stereocenters. The molecule has 1 aliphatic rings. The SMILES string of the molecule is Cc1ccc(NC=C2C(=O)c3sccc3N(Cc3ccccc3)S2(=O)=O)cc1. The summed E-state index contributed by atoms with van der Waals surface area (Å²) in [4.78, 5) is 13.0. The average molecular weight is 411 g/mol. The Bertz CT molecular complexity index is 1150. The van der Waals surface area contributed by atoms with E-state index in [4.69, 9.17) is 0 Å². The van der Waals surface area contributed by atoms with Gasteiger partial charge < -0.3 is 5.32 Å². The fraction of sp³-hybridized carbons (Fsp3) is 0.0952. The normalized spacial score (nSPS) is 16.8. The summed E-state index contributed by atoms with van der Waals surface area (Å²) < 4.78 is 27.8. The summed E-state index contributed by atoms with van der Waals surface area (Å²) in [5, 5.41) is 4.69. The summed E-state index contributed by atoms with van der Waals surface area (Å²) in [6.07, 6.45) is 1.29. The lowest BCUT2D eigenvalue weighted by molar-refractivity contribution is 0.104. The van der Waals surface area contributed by atoms with Crippen LogP contribution in [0, 0.1) is 6.92 Å². The first-order valence-corrected chi connectivity index (χ1v) is 11.0. The number of aryl methyl sites for hydroxylation is 1. The van der Waals surface area contributed by atoms with Crippen molar-refractivity contribution in [3.8, 4) is 0 Å². The van der Waals surface area contributed by atoms with Gasteiger partial charge in [-0.05, 0) is 36.1 Å². The van der Waals surface area contributed by atoms with Gasteiger partial charge in [0, 0.05) is 11.9 Å². The minimum atomic E-state index is -3.98. The lowest BCUT2D eigenvalue weighted by atomic mass is 10.2. The van der Waals surface area contributed by atoms with Gasteiger partial charge in [-0.1, -0.05) is 48.0 Å². The van der Waals surface area contributed by atoms with Crippen molar-refractivity contribution in [3.63, 3.8) is 0 Å². The number of anilines is 2. The molecule has 0 amide bonds. The van der Waals surface area contributed by atoms with E-state index in [0.29, 0.717) is 16.3 Å². The molecule has 2 aromatic carbocycles. The predicted molar refractivity (Wildman–Crippen MR) is 113 cm³/mol. The number of carbonyl (C=O) groups excluding carboxylic acids is 1. The Balaban J connectivity index is 1.74. The van der Waals surface area contributed by atoms with Crippen molar-refractivity contribution in [1.82, 2.24) is 0 Å². The number of thiophene rings is 1. The van der Waals surface area contributed by atoms with Crippen LogP contribution in [0.4, 0.5) is 11.4 Å². The minimum Gasteiger partial charge on any atom is -0.360 e. The Morgan fingerprint density at radius 1 is 1.04 bits per heavy atom. The lowest BCUT2D eigenvalue weighted by Crippen LogP contribution is -2.38. The van der Waals surface area contributed by atoms with Gasteiger partial charge in [0.1, 0.15) is 4.88 Å². The molecule has 0 spiro atoms. The summed E-state index contributed by atoms with van der Waals surface area (Å²) in [6, 6.07) is 18.5. The van der Waals surface area contributed by atoms with E-state index in [-0.39, 0.29) is 11.4 Å². The fourth-order valence-electron chi connectivity index (χ4n) is 3.00. The highest BCUT2D eigenvalue weighted by molar-refractivity contribution is 7.97. The van der Waals surface area contributed by atoms with Gasteiger partial charge in [0.25, 0.3) is 10.0 Å². The highest BCUT2D eigenvalue weighted by Gasteiger charge is 2.41. The van der Waals surface area contributed by atoms with Crippen molar-refractivity contribution in [1.29, 1.82) is 0 Å². The molecule has 7 heteroatoms. The van der Waals surface area contributed by atoms with Gasteiger partial charge in [0.2, 0.25) is 5.78 Å². The molecule has 0 fully saturated rings. The predicted octanol–water partition coefficient (Wildman–Crippen LogP) is 4.54. The molecule has 0 saturated heterocycles. The van der Waals surface area contributed by atoms with Crippen LogP contribution in [0.1, 0.15) is 20.8 Å². The van der Waals surface area contributed by atoms with Crippen LogP contribution in [0.25, 0.3) is 0 Å². The van der Waals surface area contributed by atoms with Gasteiger partial charge in [0.05, 0.1) is 12.2 Å². The standard InChI is InChI=1S/C21H18N2O3S2/c1-15-7-9-17(10-8-15)22-13-19-20(24)21-18(11-12-27-21)23(28(19,25)26)14-16-5-3-2-4-6-16/h2-13,22H,14H2,1H3. The van der Waals surface area contributed by atoms with Gasteiger partial charge in [-0.15, -0.1) is 11.3 Å². The van der Waals surface area contributed by atoms with Gasteiger partial charge in [0.15, 0.2) is 4.91 Å². The molecule has 0 radical (unpaired) electrons. The second-order valence-corrected chi connectivity index (χ2v) is 9.23. The third-order valence-corrected chi connectivity index (χ3v) is 7.17. The molecular weight excluding hydrogens is 392 g/mol. The van der Waals surface area contributed by atoms with Crippen LogP contribution in [0.5, 0.6) is 0 Å². The Kier molecular flexibility index (Phi) is 4.78. The molecule has 3 aromatic rings. The Labute approximate surface area is 168 Å². The van der Waals surface area contributed by atoms with Crippen molar-refractivity contribution in [2.75, 3.05) is 9.62 Å². The molecule has 4 rings (SSSR count). The van der Waals surface area contributed by atoms with E-state index >= 15 is 0 Å². The lowest BCUT2D eigenvalue weighted by Gasteiger charge is -2.29. The van der Waals surface area contributed by atoms with Gasteiger partial charge >= 0.3 is 0 Å². The van der Waals surface area contributed by atoms with Gasteiger partial charge in [-0.25, -0.2) is 8.42 Å². The van der Waals surface area contributed by atoms with E-state index < -0.39 is 15.8 Å². The number of hydrogen-bond donors (Lipinski definition) is 1. The summed E-state index contributed by atoms with van der Waals surface area (Å²) >= 11 is 1.25. The monoisotopic (exact) mass is 410 g/mol. The number of ketones is 1. The van der Waals surface area contributed by atoms with Gasteiger partial charge in [-0.2, -0.15) is 0 Å². The first kappa shape index (κ1) is 18.5. The van der Waals surface area contributed by atoms with Crippen molar-refractivity contribution >= 4 is 38.5 Å². The minimum absolute atomic E-state index is 0.169. The maximum Gasteiger partial charge on any atom is 0.270 e. The molecule has 2 heterocycles. The number of nitrogens with zero attached hydrogens (tertiary/aromatic N) is 1. The number of nitrogens with one attached hydrogen (secondary N) is 1. The van der Waals surface area contributed by atoms with Crippen LogP contribution >= 0.6 is 11.3 Å². The van der Waals surface area contributed by atoms with E-state index in [0.717, 1.165) is 11.1 Å². The molecular formula is C21H18N2O3S2. The quantitative estimate of drug-likeness (QED) is 0.641. The van der Waals surface area contributed by atoms with Crippen molar-refractivity contribution in [2.45, 2.75) is 13.5 Å². The first-order chi connectivity index (χ1) is 13.5. The number of sulfonamides is 1. The molecule has 142 valence electrons. The third kappa shape index (κ3) is 3.34. The van der Waals surface area contributed by atoms with Crippen LogP contribution in [0.2, 0.25) is 0 Å². The number of hydrogen-bond acceptors (Lipinski definition) is 5. The van der Waals surface area contributed by atoms with Crippen LogP contribution in [0.15, 0.2) is 77.1 Å². The molecule has 28 heavy (non-hydrogen) atoms. The van der Waals surface area contributed by atoms with Crippen LogP contribution in [0.3, 0.4) is 0 Å². The summed E-state index contributed by atoms with van der Waals surface area (Å²) in [7, 11) is -3.98. The molecule has 0 atom stereocenters. The Hall–Kier alpha value is -2.90. The fourth-order valence-corrected chi connectivity index (χ4v) is 5.49. The van der Waals surface area contributed by atoms with Crippen LogP contribution in [-0.4, -0.2) is 14.2 Å². The van der Waals surface area contributed by atoms with E-state index in [1.54, 1.807) is 11.4 Å². The number of carbonyl (C=O) groups is 1. The number of benzene rings is 2. The second kappa shape index (κ2) is 7.26. The smallest absolute Gasteiger partial charge is 0.270 e. The topological polar surface area (TPSA) is 66.5 Å². The maximum absolute atomic E-state index is 13.3. The second-order valence-electron chi connectivity index (χ2n) is 6.48. The molecule has 1 aliphatic heterocycles. The molecule has 0 bridgehead atoms. The third-order valence-electron chi connectivity index (χ3n) is 4.50. The van der Waals surface area contributed by atoms with E-state index in [9.17, 15) is 13.2 Å². The van der Waals surface area contributed by atoms with E-state index in [2.05, 4.69) is 5.32 Å². The van der Waals surface area contributed by atoms with E-state index in [1.165, 1.54) is 21.8 Å². The van der Waals surface area contributed by atoms with E-state index in [1.807, 2.05) is 61.5 Å². The number of allylic oxidation sites excluding steroid dienone is 1. The molecule has 1 N–H and O–H groups in total. The zero-order valence-electron chi connectivity index (χ0n) is 15.1. The number of rotatable bonds is 4. The highest BCUT2D eigenvalue weighted by Crippen LogP contribution is 2.39. The Morgan fingerprint density at radius 2 is 1.75 bits per heavy atom. The Morgan fingerprint density at radius 3 is 2.46 bits per heavy atom. The first-order valence-electron chi connectivity index (χ1n) is 8.69. The van der Waals surface area contributed by atoms with Crippen molar-refractivity contribution in [3.05, 3.63) is 93.2 Å². The molecule has 1 aromatic heterocycles. The molecule has 0 saturated carbocycles. The van der Waals surface area contributed by atoms with Gasteiger partial charge in [-0.3, -0.25) is 9.10 Å². The summed E-state index contributed by atoms with van der Waals surface area (Å²) in [6.45, 7) is 2.14. The molecule has 5 nitrogen and oxygen atoms in total. The van der Waals surface area contributed by atoms with Crippen molar-refractivity contribution in [2.24, 2.45) is 0 Å². The summed E-state index contributed by atoms with van der Waals surface area (Å²) in [5.41, 5.74) is 3.10. The van der Waals surface area contributed by atoms with Crippen molar-refractivity contribution < 1.29 is 13.2 Å². The molecule has 0 aliphatic carbocycles. The maximum atomic E-state index is 13.3. The largest absolute Gasteiger partial charge is 0.360 e. The average Bonchev–Trinajstić information content (AvgIpc) is 3.17. The van der Waals surface area contributed by atoms with Crippen LogP contribution < -0.4 is 9.62 Å². The number of fused-ring (bicyclic) bond motifs is 1. The zero-order valence-corrected chi connectivity index (χ0v) is 16.8. The number of Topliss-reactive ketones (excluding diaryl/α,β-unsaturated/α-hetero) is 1. The van der Waals surface area contributed by atoms with Crippen LogP contribution in [-0.2, 0) is 16.6 Å².